The zero-order chi connectivity index (χ0) is 14.4. The van der Waals surface area contributed by atoms with Crippen LogP contribution in [0, 0.1) is 0 Å². The van der Waals surface area contributed by atoms with Crippen molar-refractivity contribution in [3.05, 3.63) is 33.8 Å². The van der Waals surface area contributed by atoms with E-state index in [-0.39, 0.29) is 25.5 Å². The maximum absolute atomic E-state index is 12.0. The van der Waals surface area contributed by atoms with Crippen LogP contribution in [0.5, 0.6) is 0 Å². The molecule has 0 heterocycles. The summed E-state index contributed by atoms with van der Waals surface area (Å²) in [4.78, 5) is 13.4. The van der Waals surface area contributed by atoms with Crippen molar-refractivity contribution in [1.29, 1.82) is 0 Å². The van der Waals surface area contributed by atoms with Crippen LogP contribution in [0.1, 0.15) is 5.56 Å². The molecule has 19 heavy (non-hydrogen) atoms. The lowest BCUT2D eigenvalue weighted by Crippen LogP contribution is -2.37. The molecule has 0 spiro atoms. The quantitative estimate of drug-likeness (QED) is 0.874. The lowest BCUT2D eigenvalue weighted by Gasteiger charge is -2.20. The first kappa shape index (κ1) is 16.2. The van der Waals surface area contributed by atoms with E-state index in [9.17, 15) is 9.90 Å². The fourth-order valence-corrected chi connectivity index (χ4v) is 2.02. The van der Waals surface area contributed by atoms with Crippen molar-refractivity contribution in [3.63, 3.8) is 0 Å². The fraction of sp³-hybridized carbons (Fsp3) is 0.462. The van der Waals surface area contributed by atoms with Gasteiger partial charge >= 0.3 is 0 Å². The number of ether oxygens (including phenoxy) is 1. The van der Waals surface area contributed by atoms with Gasteiger partial charge in [0.05, 0.1) is 19.1 Å². The van der Waals surface area contributed by atoms with Gasteiger partial charge in [-0.2, -0.15) is 0 Å². The van der Waals surface area contributed by atoms with E-state index in [1.807, 2.05) is 0 Å². The highest BCUT2D eigenvalue weighted by atomic mass is 35.5. The maximum atomic E-state index is 12.0. The highest BCUT2D eigenvalue weighted by molar-refractivity contribution is 6.33. The number of hydrogen-bond acceptors (Lipinski definition) is 3. The van der Waals surface area contributed by atoms with Gasteiger partial charge in [0.25, 0.3) is 0 Å². The van der Waals surface area contributed by atoms with Crippen molar-refractivity contribution in [2.45, 2.75) is 12.5 Å². The van der Waals surface area contributed by atoms with Crippen LogP contribution in [0.4, 0.5) is 0 Å². The second kappa shape index (κ2) is 7.70. The number of methoxy groups -OCH3 is 1. The molecule has 4 nitrogen and oxygen atoms in total. The van der Waals surface area contributed by atoms with Gasteiger partial charge in [0.15, 0.2) is 0 Å². The molecule has 1 rings (SSSR count). The van der Waals surface area contributed by atoms with Gasteiger partial charge in [-0.3, -0.25) is 4.79 Å². The number of likely N-dealkylation sites (N-methyl/N-ethyl adjacent to an activating group) is 1. The Morgan fingerprint density at radius 3 is 2.79 bits per heavy atom. The Hall–Kier alpha value is -0.810. The molecule has 0 aliphatic heterocycles. The van der Waals surface area contributed by atoms with Crippen molar-refractivity contribution in [3.8, 4) is 0 Å². The summed E-state index contributed by atoms with van der Waals surface area (Å²) in [7, 11) is 3.12. The monoisotopic (exact) mass is 305 g/mol. The molecule has 0 unspecified atom stereocenters. The molecule has 0 aliphatic rings. The molecule has 0 aliphatic carbocycles. The van der Waals surface area contributed by atoms with E-state index in [4.69, 9.17) is 27.9 Å². The SMILES string of the molecule is COC[C@@H](O)CN(C)C(=O)Cc1cc(Cl)ccc1Cl. The Morgan fingerprint density at radius 1 is 1.47 bits per heavy atom. The van der Waals surface area contributed by atoms with E-state index in [1.54, 1.807) is 25.2 Å². The van der Waals surface area contributed by atoms with Crippen LogP contribution in [0.2, 0.25) is 10.0 Å². The van der Waals surface area contributed by atoms with Crippen molar-refractivity contribution in [2.24, 2.45) is 0 Å². The Labute approximate surface area is 122 Å². The molecule has 1 amide bonds. The molecule has 0 radical (unpaired) electrons. The third kappa shape index (κ3) is 5.37. The number of aliphatic hydroxyl groups is 1. The number of rotatable bonds is 6. The van der Waals surface area contributed by atoms with Gasteiger partial charge in [-0.1, -0.05) is 23.2 Å². The molecular formula is C13H17Cl2NO3. The fourth-order valence-electron chi connectivity index (χ4n) is 1.64. The molecule has 0 saturated heterocycles. The number of amides is 1. The summed E-state index contributed by atoms with van der Waals surface area (Å²) in [5.41, 5.74) is 0.673. The summed E-state index contributed by atoms with van der Waals surface area (Å²) in [6.45, 7) is 0.403. The largest absolute Gasteiger partial charge is 0.389 e. The van der Waals surface area contributed by atoms with Crippen LogP contribution >= 0.6 is 23.2 Å². The molecule has 0 saturated carbocycles. The molecule has 1 aromatic carbocycles. The van der Waals surface area contributed by atoms with E-state index < -0.39 is 6.10 Å². The number of carbonyl (C=O) groups is 1. The molecule has 1 atom stereocenters. The molecule has 106 valence electrons. The molecule has 6 heteroatoms. The summed E-state index contributed by atoms with van der Waals surface area (Å²) in [6.07, 6.45) is -0.552. The summed E-state index contributed by atoms with van der Waals surface area (Å²) < 4.78 is 4.81. The number of carbonyl (C=O) groups excluding carboxylic acids is 1. The highest BCUT2D eigenvalue weighted by Crippen LogP contribution is 2.21. The number of halogens is 2. The van der Waals surface area contributed by atoms with Crippen LogP contribution in [0.25, 0.3) is 0 Å². The third-order valence-corrected chi connectivity index (χ3v) is 3.22. The van der Waals surface area contributed by atoms with Crippen LogP contribution < -0.4 is 0 Å². The standard InChI is InChI=1S/C13H17Cl2NO3/c1-16(7-11(17)8-19-2)13(18)6-9-5-10(14)3-4-12(9)15/h3-5,11,17H,6-8H2,1-2H3/t11-/m0/s1. The summed E-state index contributed by atoms with van der Waals surface area (Å²) >= 11 is 11.9. The number of nitrogens with zero attached hydrogens (tertiary/aromatic N) is 1. The van der Waals surface area contributed by atoms with Crippen molar-refractivity contribution < 1.29 is 14.6 Å². The predicted molar refractivity (Wildman–Crippen MR) is 75.7 cm³/mol. The molecular weight excluding hydrogens is 289 g/mol. The highest BCUT2D eigenvalue weighted by Gasteiger charge is 2.15. The minimum atomic E-state index is -0.700. The van der Waals surface area contributed by atoms with Crippen LogP contribution in [0.15, 0.2) is 18.2 Å². The van der Waals surface area contributed by atoms with Crippen molar-refractivity contribution >= 4 is 29.1 Å². The molecule has 0 aromatic heterocycles. The minimum Gasteiger partial charge on any atom is -0.389 e. The predicted octanol–water partition coefficient (Wildman–Crippen LogP) is 2.00. The molecule has 0 bridgehead atoms. The molecule has 1 aromatic rings. The first-order valence-electron chi connectivity index (χ1n) is 5.79. The normalized spacial score (nSPS) is 12.3. The second-order valence-electron chi connectivity index (χ2n) is 4.30. The lowest BCUT2D eigenvalue weighted by atomic mass is 10.1. The van der Waals surface area contributed by atoms with Crippen LogP contribution in [-0.4, -0.2) is 49.3 Å². The molecule has 0 fully saturated rings. The smallest absolute Gasteiger partial charge is 0.226 e. The van der Waals surface area contributed by atoms with E-state index in [2.05, 4.69) is 0 Å². The Kier molecular flexibility index (Phi) is 6.58. The zero-order valence-electron chi connectivity index (χ0n) is 10.9. The number of hydrogen-bond donors (Lipinski definition) is 1. The number of benzene rings is 1. The summed E-state index contributed by atoms with van der Waals surface area (Å²) in [6, 6.07) is 5.00. The number of aliphatic hydroxyl groups excluding tert-OH is 1. The first-order chi connectivity index (χ1) is 8.93. The topological polar surface area (TPSA) is 49.8 Å². The van der Waals surface area contributed by atoms with E-state index >= 15 is 0 Å². The van der Waals surface area contributed by atoms with Gasteiger partial charge in [-0.25, -0.2) is 0 Å². The Balaban J connectivity index is 2.61. The van der Waals surface area contributed by atoms with E-state index in [0.29, 0.717) is 15.6 Å². The van der Waals surface area contributed by atoms with Gasteiger partial charge in [0.2, 0.25) is 5.91 Å². The molecule has 1 N–H and O–H groups in total. The van der Waals surface area contributed by atoms with E-state index in [1.165, 1.54) is 12.0 Å². The van der Waals surface area contributed by atoms with Gasteiger partial charge < -0.3 is 14.7 Å². The van der Waals surface area contributed by atoms with Gasteiger partial charge in [0.1, 0.15) is 0 Å². The zero-order valence-corrected chi connectivity index (χ0v) is 12.4. The Bertz CT molecular complexity index is 440. The van der Waals surface area contributed by atoms with E-state index in [0.717, 1.165) is 0 Å². The average molecular weight is 306 g/mol. The van der Waals surface area contributed by atoms with Gasteiger partial charge in [-0.05, 0) is 23.8 Å². The maximum Gasteiger partial charge on any atom is 0.226 e. The average Bonchev–Trinajstić information content (AvgIpc) is 2.34. The van der Waals surface area contributed by atoms with Crippen LogP contribution in [0.3, 0.4) is 0 Å². The van der Waals surface area contributed by atoms with Crippen molar-refractivity contribution in [1.82, 2.24) is 4.90 Å². The van der Waals surface area contributed by atoms with Crippen LogP contribution in [-0.2, 0) is 16.0 Å². The minimum absolute atomic E-state index is 0.140. The summed E-state index contributed by atoms with van der Waals surface area (Å²) in [5.74, 6) is -0.140. The third-order valence-electron chi connectivity index (χ3n) is 2.62. The Morgan fingerprint density at radius 2 is 2.16 bits per heavy atom. The first-order valence-corrected chi connectivity index (χ1v) is 6.54. The second-order valence-corrected chi connectivity index (χ2v) is 5.14. The lowest BCUT2D eigenvalue weighted by molar-refractivity contribution is -0.130. The van der Waals surface area contributed by atoms with Crippen molar-refractivity contribution in [2.75, 3.05) is 27.3 Å². The van der Waals surface area contributed by atoms with Gasteiger partial charge in [-0.15, -0.1) is 0 Å². The van der Waals surface area contributed by atoms with Gasteiger partial charge in [0, 0.05) is 30.7 Å². The summed E-state index contributed by atoms with van der Waals surface area (Å²) in [5, 5.41) is 10.6.